The fourth-order valence-corrected chi connectivity index (χ4v) is 2.43. The lowest BCUT2D eigenvalue weighted by atomic mass is 10.2. The first-order chi connectivity index (χ1) is 11.6. The molecule has 2 aromatic carbocycles. The van der Waals surface area contributed by atoms with E-state index in [0.717, 1.165) is 11.3 Å². The average molecular weight is 328 g/mol. The summed E-state index contributed by atoms with van der Waals surface area (Å²) in [6, 6.07) is 12.5. The van der Waals surface area contributed by atoms with E-state index in [4.69, 9.17) is 0 Å². The van der Waals surface area contributed by atoms with E-state index in [9.17, 15) is 14.0 Å². The summed E-state index contributed by atoms with van der Waals surface area (Å²) in [5, 5.41) is 8.15. The van der Waals surface area contributed by atoms with Gasteiger partial charge in [0.05, 0.1) is 0 Å². The van der Waals surface area contributed by atoms with Crippen molar-refractivity contribution in [3.05, 3.63) is 59.9 Å². The van der Waals surface area contributed by atoms with Crippen LogP contribution in [0.4, 0.5) is 25.4 Å². The molecule has 0 atom stereocenters. The molecule has 1 aliphatic rings. The van der Waals surface area contributed by atoms with Crippen LogP contribution >= 0.6 is 0 Å². The highest BCUT2D eigenvalue weighted by atomic mass is 19.1. The molecule has 0 aliphatic carbocycles. The third kappa shape index (κ3) is 3.81. The predicted octanol–water partition coefficient (Wildman–Crippen LogP) is 2.68. The molecule has 0 unspecified atom stereocenters. The standard InChI is InChI=1S/C17H17FN4O2/c18-13-6-4-12(5-7-13)11-20-16(23)21-14-2-1-3-15(10-14)22-9-8-19-17(22)24/h1-7,10H,8-9,11H2,(H,19,24)(H2,20,21,23). The van der Waals surface area contributed by atoms with Crippen LogP contribution in [0, 0.1) is 5.82 Å². The monoisotopic (exact) mass is 328 g/mol. The Bertz CT molecular complexity index is 749. The van der Waals surface area contributed by atoms with Gasteiger partial charge >= 0.3 is 12.1 Å². The maximum Gasteiger partial charge on any atom is 0.321 e. The summed E-state index contributed by atoms with van der Waals surface area (Å²) in [6.45, 7) is 1.49. The van der Waals surface area contributed by atoms with Crippen molar-refractivity contribution in [3.63, 3.8) is 0 Å². The van der Waals surface area contributed by atoms with Crippen LogP contribution in [0.2, 0.25) is 0 Å². The molecule has 1 aliphatic heterocycles. The molecule has 2 aromatic rings. The fraction of sp³-hybridized carbons (Fsp3) is 0.176. The van der Waals surface area contributed by atoms with E-state index in [-0.39, 0.29) is 17.9 Å². The topological polar surface area (TPSA) is 73.5 Å². The molecule has 1 saturated heterocycles. The van der Waals surface area contributed by atoms with Gasteiger partial charge in [-0.05, 0) is 35.9 Å². The quantitative estimate of drug-likeness (QED) is 0.807. The second-order valence-corrected chi connectivity index (χ2v) is 5.37. The molecule has 24 heavy (non-hydrogen) atoms. The molecule has 1 heterocycles. The number of urea groups is 2. The van der Waals surface area contributed by atoms with Gasteiger partial charge in [-0.25, -0.2) is 14.0 Å². The molecular weight excluding hydrogens is 311 g/mol. The van der Waals surface area contributed by atoms with Crippen LogP contribution in [0.5, 0.6) is 0 Å². The van der Waals surface area contributed by atoms with Crippen LogP contribution in [0.3, 0.4) is 0 Å². The van der Waals surface area contributed by atoms with Crippen molar-refractivity contribution in [1.29, 1.82) is 0 Å². The Kier molecular flexibility index (Phi) is 4.60. The lowest BCUT2D eigenvalue weighted by molar-refractivity contribution is 0.251. The zero-order valence-electron chi connectivity index (χ0n) is 12.9. The smallest absolute Gasteiger partial charge is 0.321 e. The second-order valence-electron chi connectivity index (χ2n) is 5.37. The zero-order valence-corrected chi connectivity index (χ0v) is 12.9. The molecule has 7 heteroatoms. The van der Waals surface area contributed by atoms with E-state index in [2.05, 4.69) is 16.0 Å². The first-order valence-electron chi connectivity index (χ1n) is 7.56. The van der Waals surface area contributed by atoms with Gasteiger partial charge in [0.2, 0.25) is 0 Å². The van der Waals surface area contributed by atoms with Crippen LogP contribution in [0.1, 0.15) is 5.56 Å². The molecule has 0 saturated carbocycles. The first kappa shape index (κ1) is 15.8. The minimum Gasteiger partial charge on any atom is -0.336 e. The largest absolute Gasteiger partial charge is 0.336 e. The number of amides is 4. The number of hydrogen-bond acceptors (Lipinski definition) is 2. The van der Waals surface area contributed by atoms with E-state index in [0.29, 0.717) is 25.3 Å². The molecule has 3 N–H and O–H groups in total. The Morgan fingerprint density at radius 2 is 2.00 bits per heavy atom. The van der Waals surface area contributed by atoms with Crippen LogP contribution < -0.4 is 20.9 Å². The van der Waals surface area contributed by atoms with Crippen molar-refractivity contribution >= 4 is 23.4 Å². The minimum atomic E-state index is -0.373. The Morgan fingerprint density at radius 1 is 1.21 bits per heavy atom. The number of rotatable bonds is 4. The fourth-order valence-electron chi connectivity index (χ4n) is 2.43. The molecule has 0 aromatic heterocycles. The third-order valence-electron chi connectivity index (χ3n) is 3.64. The van der Waals surface area contributed by atoms with E-state index < -0.39 is 0 Å². The van der Waals surface area contributed by atoms with Crippen molar-refractivity contribution in [1.82, 2.24) is 10.6 Å². The highest BCUT2D eigenvalue weighted by molar-refractivity contribution is 5.95. The van der Waals surface area contributed by atoms with Gasteiger partial charge in [-0.3, -0.25) is 4.90 Å². The van der Waals surface area contributed by atoms with Crippen LogP contribution in [-0.2, 0) is 6.54 Å². The van der Waals surface area contributed by atoms with Gasteiger partial charge < -0.3 is 16.0 Å². The minimum absolute atomic E-state index is 0.145. The molecule has 6 nitrogen and oxygen atoms in total. The van der Waals surface area contributed by atoms with Gasteiger partial charge in [-0.2, -0.15) is 0 Å². The molecule has 0 bridgehead atoms. The lowest BCUT2D eigenvalue weighted by Crippen LogP contribution is -2.29. The Morgan fingerprint density at radius 3 is 2.71 bits per heavy atom. The maximum absolute atomic E-state index is 12.8. The predicted molar refractivity (Wildman–Crippen MR) is 89.4 cm³/mol. The number of halogens is 1. The summed E-state index contributed by atoms with van der Waals surface area (Å²) < 4.78 is 12.8. The molecule has 3 rings (SSSR count). The number of benzene rings is 2. The van der Waals surface area contributed by atoms with Gasteiger partial charge in [0.25, 0.3) is 0 Å². The van der Waals surface area contributed by atoms with E-state index in [1.54, 1.807) is 35.2 Å². The normalized spacial score (nSPS) is 13.5. The number of nitrogens with zero attached hydrogens (tertiary/aromatic N) is 1. The van der Waals surface area contributed by atoms with Crippen molar-refractivity contribution in [2.75, 3.05) is 23.3 Å². The van der Waals surface area contributed by atoms with Gasteiger partial charge in [0, 0.05) is 31.0 Å². The number of carbonyl (C=O) groups is 2. The van der Waals surface area contributed by atoms with Crippen LogP contribution in [0.15, 0.2) is 48.5 Å². The van der Waals surface area contributed by atoms with Crippen molar-refractivity contribution < 1.29 is 14.0 Å². The van der Waals surface area contributed by atoms with Gasteiger partial charge in [0.1, 0.15) is 5.82 Å². The Labute approximate surface area is 138 Å². The average Bonchev–Trinajstić information content (AvgIpc) is 3.01. The Balaban J connectivity index is 1.58. The number of carbonyl (C=O) groups excluding carboxylic acids is 2. The van der Waals surface area contributed by atoms with Crippen LogP contribution in [-0.4, -0.2) is 25.2 Å². The highest BCUT2D eigenvalue weighted by Gasteiger charge is 2.21. The summed E-state index contributed by atoms with van der Waals surface area (Å²) in [4.78, 5) is 25.3. The number of anilines is 2. The zero-order chi connectivity index (χ0) is 16.9. The number of nitrogens with one attached hydrogen (secondary N) is 3. The third-order valence-corrected chi connectivity index (χ3v) is 3.64. The van der Waals surface area contributed by atoms with E-state index in [1.807, 2.05) is 6.07 Å². The van der Waals surface area contributed by atoms with Crippen LogP contribution in [0.25, 0.3) is 0 Å². The molecular formula is C17H17FN4O2. The molecule has 4 amide bonds. The molecule has 0 radical (unpaired) electrons. The summed E-state index contributed by atoms with van der Waals surface area (Å²) in [6.07, 6.45) is 0. The van der Waals surface area contributed by atoms with E-state index in [1.165, 1.54) is 12.1 Å². The lowest BCUT2D eigenvalue weighted by Gasteiger charge is -2.15. The SMILES string of the molecule is O=C(NCc1ccc(F)cc1)Nc1cccc(N2CCNC2=O)c1. The van der Waals surface area contributed by atoms with Crippen molar-refractivity contribution in [3.8, 4) is 0 Å². The molecule has 0 spiro atoms. The molecule has 1 fully saturated rings. The summed E-state index contributed by atoms with van der Waals surface area (Å²) in [5.74, 6) is -0.314. The maximum atomic E-state index is 12.8. The summed E-state index contributed by atoms with van der Waals surface area (Å²) in [5.41, 5.74) is 2.11. The summed E-state index contributed by atoms with van der Waals surface area (Å²) in [7, 11) is 0. The summed E-state index contributed by atoms with van der Waals surface area (Å²) >= 11 is 0. The molecule has 124 valence electrons. The van der Waals surface area contributed by atoms with E-state index >= 15 is 0 Å². The van der Waals surface area contributed by atoms with Crippen molar-refractivity contribution in [2.45, 2.75) is 6.54 Å². The first-order valence-corrected chi connectivity index (χ1v) is 7.56. The highest BCUT2D eigenvalue weighted by Crippen LogP contribution is 2.20. The van der Waals surface area contributed by atoms with Gasteiger partial charge in [-0.1, -0.05) is 18.2 Å². The Hall–Kier alpha value is -3.09. The number of hydrogen-bond donors (Lipinski definition) is 3. The van der Waals surface area contributed by atoms with Crippen molar-refractivity contribution in [2.24, 2.45) is 0 Å². The van der Waals surface area contributed by atoms with Gasteiger partial charge in [0.15, 0.2) is 0 Å². The van der Waals surface area contributed by atoms with Gasteiger partial charge in [-0.15, -0.1) is 0 Å². The second kappa shape index (κ2) is 6.99.